The highest BCUT2D eigenvalue weighted by Crippen LogP contribution is 2.47. The molecular weight excluding hydrogens is 764 g/mol. The third kappa shape index (κ3) is 9.28. The minimum atomic E-state index is -3.45. The molecule has 2 aliphatic carbocycles. The molecule has 8 rings (SSSR count). The predicted molar refractivity (Wildman–Crippen MR) is 221 cm³/mol. The highest BCUT2D eigenvalue weighted by Gasteiger charge is 2.44. The Morgan fingerprint density at radius 1 is 1.12 bits per heavy atom. The van der Waals surface area contributed by atoms with Crippen LogP contribution in [0.2, 0.25) is 5.02 Å². The number of aryl methyl sites for hydroxylation is 3. The van der Waals surface area contributed by atoms with E-state index in [0.29, 0.717) is 62.2 Å². The molecule has 14 heteroatoms. The molecule has 1 saturated heterocycles. The zero-order chi connectivity index (χ0) is 39.4. The van der Waals surface area contributed by atoms with E-state index < -0.39 is 21.7 Å². The Balaban J connectivity index is 1.12. The van der Waals surface area contributed by atoms with E-state index in [2.05, 4.69) is 48.3 Å². The van der Waals surface area contributed by atoms with Crippen LogP contribution in [0.15, 0.2) is 65.2 Å². The molecule has 12 nitrogen and oxygen atoms in total. The summed E-state index contributed by atoms with van der Waals surface area (Å²) < 4.78 is 42.2. The smallest absolute Gasteiger partial charge is 0.286 e. The van der Waals surface area contributed by atoms with E-state index >= 15 is 0 Å². The Labute approximate surface area is 341 Å². The maximum atomic E-state index is 14.5. The average molecular weight is 819 g/mol. The number of carbonyl (C=O) groups is 2. The van der Waals surface area contributed by atoms with E-state index in [1.807, 2.05) is 31.3 Å². The molecule has 5 atom stereocenters. The Bertz CT molecular complexity index is 2090. The van der Waals surface area contributed by atoms with E-state index in [1.54, 1.807) is 16.9 Å². The number of rotatable bonds is 8. The number of hydrogen-bond acceptors (Lipinski definition) is 9. The lowest BCUT2D eigenvalue weighted by Gasteiger charge is -2.46. The van der Waals surface area contributed by atoms with Gasteiger partial charge in [0.25, 0.3) is 5.91 Å². The Morgan fingerprint density at radius 3 is 2.81 bits per heavy atom. The van der Waals surface area contributed by atoms with E-state index in [1.165, 1.54) is 11.1 Å². The summed E-state index contributed by atoms with van der Waals surface area (Å²) in [5.41, 5.74) is 4.30. The lowest BCUT2D eigenvalue weighted by atomic mass is 9.68. The molecule has 2 aromatic carbocycles. The number of nitrogens with zero attached hydrogens (tertiary/aromatic N) is 5. The number of morpholine rings is 1. The molecule has 4 heterocycles. The molecule has 2 fully saturated rings. The van der Waals surface area contributed by atoms with Crippen molar-refractivity contribution in [3.05, 3.63) is 88.2 Å². The van der Waals surface area contributed by atoms with Crippen LogP contribution >= 0.6 is 11.6 Å². The van der Waals surface area contributed by atoms with Crippen LogP contribution in [0.5, 0.6) is 5.75 Å². The summed E-state index contributed by atoms with van der Waals surface area (Å²) in [7, 11) is -1.63. The van der Waals surface area contributed by atoms with Gasteiger partial charge < -0.3 is 19.1 Å². The fraction of sp³-hybridized carbons (Fsp3) is 0.558. The predicted octanol–water partition coefficient (Wildman–Crippen LogP) is 5.91. The summed E-state index contributed by atoms with van der Waals surface area (Å²) >= 11 is 6.51. The van der Waals surface area contributed by atoms with Crippen molar-refractivity contribution in [2.75, 3.05) is 69.8 Å². The van der Waals surface area contributed by atoms with Crippen molar-refractivity contribution in [3.8, 4) is 5.75 Å². The molecule has 0 radical (unpaired) electrons. The van der Waals surface area contributed by atoms with Gasteiger partial charge >= 0.3 is 0 Å². The molecular formula is C43H55ClN6O6S. The standard InChI is InChI=1S/C43H55ClN6O6S/c1-48-35(16-18-45-48)11-15-41(51)46-57(53)25-4-2-3-7-39(55-24-21-49-19-22-54-23-20-49)36-12-8-33(36)28-50-29-43(17-5-6-31-26-34(44)10-13-37(31)43)30-56-40-14-9-32(27-38(40)50)42(52)47-57/h3,7,9-10,13-14,16,18,26-27,33,36,39H,2,4-6,8,11-12,15,17,19-25,28-30H2,1H3,(H,46,47,51,52,53)/b7-3+/t33-,36+,39-,43-,57+/m0/s1. The topological polar surface area (TPSA) is 128 Å². The maximum Gasteiger partial charge on any atom is 0.286 e. The number of amides is 2. The van der Waals surface area contributed by atoms with E-state index in [9.17, 15) is 13.8 Å². The lowest BCUT2D eigenvalue weighted by molar-refractivity contribution is -0.119. The molecule has 2 amide bonds. The largest absolute Gasteiger partial charge is 0.490 e. The van der Waals surface area contributed by atoms with Gasteiger partial charge in [0.1, 0.15) is 15.7 Å². The summed E-state index contributed by atoms with van der Waals surface area (Å²) in [4.78, 5) is 32.1. The molecule has 1 aromatic heterocycles. The summed E-state index contributed by atoms with van der Waals surface area (Å²) in [6.45, 7) is 6.82. The van der Waals surface area contributed by atoms with Crippen LogP contribution in [0.25, 0.3) is 0 Å². The van der Waals surface area contributed by atoms with Gasteiger partial charge in [-0.15, -0.1) is 4.36 Å². The van der Waals surface area contributed by atoms with Gasteiger partial charge in [0.2, 0.25) is 5.91 Å². The second kappa shape index (κ2) is 17.6. The molecule has 5 aliphatic rings. The second-order valence-corrected chi connectivity index (χ2v) is 18.9. The molecule has 1 spiro atoms. The fourth-order valence-corrected chi connectivity index (χ4v) is 11.1. The molecule has 3 aliphatic heterocycles. The van der Waals surface area contributed by atoms with Crippen molar-refractivity contribution >= 4 is 39.0 Å². The van der Waals surface area contributed by atoms with Crippen LogP contribution in [0.1, 0.15) is 72.1 Å². The summed E-state index contributed by atoms with van der Waals surface area (Å²) in [6.07, 6.45) is 12.7. The van der Waals surface area contributed by atoms with Gasteiger partial charge in [-0.05, 0) is 111 Å². The number of ether oxygens (including phenoxy) is 3. The van der Waals surface area contributed by atoms with E-state index in [4.69, 9.17) is 25.8 Å². The van der Waals surface area contributed by atoms with Crippen LogP contribution < -0.4 is 14.4 Å². The maximum absolute atomic E-state index is 14.5. The Hall–Kier alpha value is -3.75. The molecule has 3 aromatic rings. The number of fused-ring (bicyclic) bond motifs is 4. The molecule has 306 valence electrons. The molecule has 2 bridgehead atoms. The van der Waals surface area contributed by atoms with Crippen molar-refractivity contribution in [1.82, 2.24) is 19.4 Å². The molecule has 1 saturated carbocycles. The number of anilines is 1. The highest BCUT2D eigenvalue weighted by atomic mass is 35.5. The van der Waals surface area contributed by atoms with Gasteiger partial charge in [-0.25, -0.2) is 4.21 Å². The Kier molecular flexibility index (Phi) is 12.4. The van der Waals surface area contributed by atoms with Crippen molar-refractivity contribution in [2.24, 2.45) is 23.2 Å². The molecule has 1 N–H and O–H groups in total. The highest BCUT2D eigenvalue weighted by molar-refractivity contribution is 7.92. The van der Waals surface area contributed by atoms with E-state index in [0.717, 1.165) is 87.9 Å². The summed E-state index contributed by atoms with van der Waals surface area (Å²) in [5.74, 6) is 0.405. The second-order valence-electron chi connectivity index (χ2n) is 16.4. The first kappa shape index (κ1) is 40.0. The van der Waals surface area contributed by atoms with E-state index in [-0.39, 0.29) is 23.7 Å². The van der Waals surface area contributed by atoms with Crippen molar-refractivity contribution in [1.29, 1.82) is 0 Å². The average Bonchev–Trinajstić information content (AvgIpc) is 3.54. The SMILES string of the molecule is Cn1nccc1CCC(=O)N[S@@]1(=O)=NC(=O)c2ccc3c(c2)N(C[C@@H]2CC[C@H]2[C@@H](OCCN2CCOCC2)/C=C/CCC1)C[C@@]1(CCCc2cc(Cl)ccc21)CO3. The van der Waals surface area contributed by atoms with Crippen LogP contribution in [0.3, 0.4) is 0 Å². The third-order valence-corrected chi connectivity index (χ3v) is 14.7. The normalized spacial score (nSPS) is 28.6. The quantitative estimate of drug-likeness (QED) is 0.276. The summed E-state index contributed by atoms with van der Waals surface area (Å²) in [6, 6.07) is 13.5. The zero-order valence-corrected chi connectivity index (χ0v) is 34.5. The Morgan fingerprint density at radius 2 is 2.00 bits per heavy atom. The molecule has 57 heavy (non-hydrogen) atoms. The van der Waals surface area contributed by atoms with Crippen LogP contribution in [-0.2, 0) is 49.5 Å². The first-order valence-corrected chi connectivity index (χ1v) is 22.7. The molecule has 0 unspecified atom stereocenters. The number of hydrogen-bond donors (Lipinski definition) is 1. The zero-order valence-electron chi connectivity index (χ0n) is 32.9. The van der Waals surface area contributed by atoms with Crippen LogP contribution in [0.4, 0.5) is 5.69 Å². The lowest BCUT2D eigenvalue weighted by Crippen LogP contribution is -2.50. The van der Waals surface area contributed by atoms with Gasteiger partial charge in [-0.1, -0.05) is 29.8 Å². The van der Waals surface area contributed by atoms with Crippen LogP contribution in [0, 0.1) is 11.8 Å². The number of benzene rings is 2. The van der Waals surface area contributed by atoms with Crippen molar-refractivity contribution in [2.45, 2.75) is 69.3 Å². The van der Waals surface area contributed by atoms with Gasteiger partial charge in [0.15, 0.2) is 0 Å². The first-order valence-electron chi connectivity index (χ1n) is 20.6. The van der Waals surface area contributed by atoms with Gasteiger partial charge in [-0.3, -0.25) is 23.9 Å². The fourth-order valence-electron chi connectivity index (χ4n) is 9.30. The number of aromatic nitrogens is 2. The van der Waals surface area contributed by atoms with Crippen LogP contribution in [-0.4, -0.2) is 102 Å². The number of allylic oxidation sites excluding steroid dienone is 1. The van der Waals surface area contributed by atoms with Gasteiger partial charge in [0.05, 0.1) is 44.0 Å². The first-order chi connectivity index (χ1) is 27.7. The number of halogens is 1. The monoisotopic (exact) mass is 818 g/mol. The van der Waals surface area contributed by atoms with Crippen molar-refractivity contribution < 1.29 is 28.0 Å². The number of nitrogens with one attached hydrogen (secondary N) is 1. The van der Waals surface area contributed by atoms with Gasteiger partial charge in [-0.2, -0.15) is 5.10 Å². The van der Waals surface area contributed by atoms with Gasteiger partial charge in [0, 0.05) is 74.1 Å². The summed E-state index contributed by atoms with van der Waals surface area (Å²) in [5, 5.41) is 4.92. The minimum absolute atomic E-state index is 0.0429. The minimum Gasteiger partial charge on any atom is -0.490 e. The third-order valence-electron chi connectivity index (χ3n) is 12.6. The number of carbonyl (C=O) groups excluding carboxylic acids is 2. The van der Waals surface area contributed by atoms with Crippen molar-refractivity contribution in [3.63, 3.8) is 0 Å².